The second-order valence-electron chi connectivity index (χ2n) is 8.44. The first-order chi connectivity index (χ1) is 13.9. The number of rotatable bonds is 5. The summed E-state index contributed by atoms with van der Waals surface area (Å²) in [5, 5.41) is 0. The average Bonchev–Trinajstić information content (AvgIpc) is 3.31. The van der Waals surface area contributed by atoms with E-state index in [2.05, 4.69) is 25.3 Å². The lowest BCUT2D eigenvalue weighted by Crippen LogP contribution is -2.50. The van der Waals surface area contributed by atoms with Crippen LogP contribution in [0.5, 0.6) is 0 Å². The number of fused-ring (bicyclic) bond motifs is 1. The molecule has 5 nitrogen and oxygen atoms in total. The second-order valence-corrected chi connectivity index (χ2v) is 8.44. The van der Waals surface area contributed by atoms with Crippen molar-refractivity contribution >= 4 is 0 Å². The first-order valence-corrected chi connectivity index (χ1v) is 10.4. The van der Waals surface area contributed by atoms with E-state index >= 15 is 0 Å². The van der Waals surface area contributed by atoms with Crippen LogP contribution in [0.25, 0.3) is 0 Å². The molecule has 0 N–H and O–H groups in total. The van der Waals surface area contributed by atoms with E-state index in [1.54, 1.807) is 0 Å². The molecule has 4 rings (SSSR count). The largest absolute Gasteiger partial charge is 0.368 e. The Morgan fingerprint density at radius 1 is 1.21 bits per heavy atom. The maximum Gasteiger partial charge on any atom is 0.190 e. The van der Waals surface area contributed by atoms with Gasteiger partial charge >= 0.3 is 0 Å². The van der Waals surface area contributed by atoms with Crippen molar-refractivity contribution in [1.29, 1.82) is 0 Å². The number of ether oxygens (including phenoxy) is 5. The summed E-state index contributed by atoms with van der Waals surface area (Å²) in [5.41, 5.74) is 1.32. The molecule has 0 aliphatic carbocycles. The van der Waals surface area contributed by atoms with Crippen molar-refractivity contribution in [2.24, 2.45) is 0 Å². The zero-order valence-corrected chi connectivity index (χ0v) is 17.5. The van der Waals surface area contributed by atoms with Gasteiger partial charge in [-0.25, -0.2) is 0 Å². The van der Waals surface area contributed by atoms with Gasteiger partial charge in [0.2, 0.25) is 0 Å². The first-order valence-electron chi connectivity index (χ1n) is 10.4. The summed E-state index contributed by atoms with van der Waals surface area (Å²) < 4.78 is 31.1. The van der Waals surface area contributed by atoms with Crippen LogP contribution < -0.4 is 0 Å². The zero-order chi connectivity index (χ0) is 20.5. The molecule has 3 aliphatic rings. The van der Waals surface area contributed by atoms with Crippen molar-refractivity contribution in [3.8, 4) is 11.8 Å². The molecule has 5 heteroatoms. The van der Waals surface area contributed by atoms with E-state index in [1.807, 2.05) is 44.2 Å². The van der Waals surface area contributed by atoms with Gasteiger partial charge in [0.15, 0.2) is 17.7 Å². The smallest absolute Gasteiger partial charge is 0.190 e. The Hall–Kier alpha value is -1.68. The fourth-order valence-electron chi connectivity index (χ4n) is 4.18. The molecule has 0 saturated carbocycles. The number of benzene rings is 1. The number of hydrogen-bond donors (Lipinski definition) is 0. The Labute approximate surface area is 173 Å². The van der Waals surface area contributed by atoms with Gasteiger partial charge in [-0.3, -0.25) is 0 Å². The molecule has 3 heterocycles. The molecule has 1 aromatic rings. The van der Waals surface area contributed by atoms with Crippen LogP contribution in [-0.4, -0.2) is 42.6 Å². The molecule has 0 bridgehead atoms. The molecule has 3 aliphatic heterocycles. The molecule has 5 atom stereocenters. The maximum atomic E-state index is 6.38. The molecular weight excluding hydrogens is 368 g/mol. The highest BCUT2D eigenvalue weighted by molar-refractivity contribution is 5.28. The van der Waals surface area contributed by atoms with Crippen molar-refractivity contribution < 1.29 is 23.7 Å². The van der Waals surface area contributed by atoms with Crippen molar-refractivity contribution in [3.05, 3.63) is 48.0 Å². The summed E-state index contributed by atoms with van der Waals surface area (Å²) in [5.74, 6) is 5.90. The summed E-state index contributed by atoms with van der Waals surface area (Å²) in [6, 6.07) is 10.1. The van der Waals surface area contributed by atoms with E-state index in [4.69, 9.17) is 23.7 Å². The van der Waals surface area contributed by atoms with Crippen LogP contribution in [0.15, 0.2) is 42.5 Å². The van der Waals surface area contributed by atoms with Crippen LogP contribution >= 0.6 is 0 Å². The molecular formula is C24H30O5. The third-order valence-corrected chi connectivity index (χ3v) is 5.46. The predicted molar refractivity (Wildman–Crippen MR) is 109 cm³/mol. The van der Waals surface area contributed by atoms with Crippen molar-refractivity contribution in [2.45, 2.75) is 82.6 Å². The highest BCUT2D eigenvalue weighted by Crippen LogP contribution is 2.46. The predicted octanol–water partition coefficient (Wildman–Crippen LogP) is 3.97. The Kier molecular flexibility index (Phi) is 5.83. The van der Waals surface area contributed by atoms with E-state index in [-0.39, 0.29) is 12.2 Å². The van der Waals surface area contributed by atoms with Gasteiger partial charge < -0.3 is 23.7 Å². The van der Waals surface area contributed by atoms with Crippen LogP contribution in [0.4, 0.5) is 0 Å². The third-order valence-electron chi connectivity index (χ3n) is 5.46. The monoisotopic (exact) mass is 398 g/mol. The lowest BCUT2D eigenvalue weighted by Gasteiger charge is -2.34. The Bertz CT molecular complexity index is 792. The van der Waals surface area contributed by atoms with Gasteiger partial charge in [-0.2, -0.15) is 0 Å². The summed E-state index contributed by atoms with van der Waals surface area (Å²) in [7, 11) is 0. The lowest BCUT2D eigenvalue weighted by molar-refractivity contribution is -0.238. The van der Waals surface area contributed by atoms with E-state index in [0.29, 0.717) is 19.6 Å². The number of hydrogen-bond acceptors (Lipinski definition) is 5. The normalized spacial score (nSPS) is 35.3. The molecule has 0 spiro atoms. The van der Waals surface area contributed by atoms with Crippen molar-refractivity contribution in [1.82, 2.24) is 0 Å². The highest BCUT2D eigenvalue weighted by Gasteiger charge is 2.62. The molecule has 3 saturated heterocycles. The first kappa shape index (κ1) is 20.6. The second kappa shape index (κ2) is 8.22. The van der Waals surface area contributed by atoms with Crippen LogP contribution in [0.3, 0.4) is 0 Å². The van der Waals surface area contributed by atoms with Gasteiger partial charge in [0.25, 0.3) is 0 Å². The van der Waals surface area contributed by atoms with Gasteiger partial charge in [0.05, 0.1) is 13.2 Å². The standard InChI is InChI=1S/C24H30O5/c1-5-6-10-13-24(14-17(2)15-26-24)21-19(25-16-18-11-8-7-9-12-18)20-22(27-21)29-23(3,4)28-20/h7-9,11-12,19-22H,2,5-6,14-16H2,1,3-4H3/t19-,20-,21+,22-,24+/m1/s1. The molecule has 0 radical (unpaired) electrons. The summed E-state index contributed by atoms with van der Waals surface area (Å²) in [4.78, 5) is 0. The Balaban J connectivity index is 1.61. The highest BCUT2D eigenvalue weighted by atomic mass is 16.8. The van der Waals surface area contributed by atoms with E-state index in [1.165, 1.54) is 0 Å². The minimum absolute atomic E-state index is 0.332. The third kappa shape index (κ3) is 4.28. The quantitative estimate of drug-likeness (QED) is 0.555. The van der Waals surface area contributed by atoms with Crippen LogP contribution in [0.2, 0.25) is 0 Å². The van der Waals surface area contributed by atoms with Crippen molar-refractivity contribution in [2.75, 3.05) is 6.61 Å². The fourth-order valence-corrected chi connectivity index (χ4v) is 4.18. The molecule has 29 heavy (non-hydrogen) atoms. The summed E-state index contributed by atoms with van der Waals surface area (Å²) in [6.45, 7) is 10.9. The van der Waals surface area contributed by atoms with E-state index < -0.39 is 23.8 Å². The number of unbranched alkanes of at least 4 members (excludes halogenated alkanes) is 1. The minimum Gasteiger partial charge on any atom is -0.368 e. The molecule has 156 valence electrons. The van der Waals surface area contributed by atoms with Gasteiger partial charge in [0, 0.05) is 12.8 Å². The fraction of sp³-hybridized carbons (Fsp3) is 0.583. The molecule has 0 amide bonds. The van der Waals surface area contributed by atoms with Gasteiger partial charge in [-0.1, -0.05) is 49.8 Å². The SMILES string of the molecule is C=C1CO[C@](C#CCCC)([C@H]2O[C@@H]3OC(C)(C)O[C@@H]3[C@H]2OCc2ccccc2)C1. The Morgan fingerprint density at radius 2 is 2.00 bits per heavy atom. The maximum absolute atomic E-state index is 6.38. The lowest BCUT2D eigenvalue weighted by atomic mass is 9.88. The molecule has 1 aromatic carbocycles. The average molecular weight is 398 g/mol. The minimum atomic E-state index is -0.783. The summed E-state index contributed by atoms with van der Waals surface area (Å²) in [6.07, 6.45) is 0.827. The Morgan fingerprint density at radius 3 is 2.69 bits per heavy atom. The van der Waals surface area contributed by atoms with Gasteiger partial charge in [0.1, 0.15) is 18.3 Å². The molecule has 0 unspecified atom stereocenters. The zero-order valence-electron chi connectivity index (χ0n) is 17.5. The van der Waals surface area contributed by atoms with Crippen LogP contribution in [0, 0.1) is 11.8 Å². The topological polar surface area (TPSA) is 46.2 Å². The summed E-state index contributed by atoms with van der Waals surface area (Å²) >= 11 is 0. The van der Waals surface area contributed by atoms with E-state index in [9.17, 15) is 0 Å². The molecule has 3 fully saturated rings. The van der Waals surface area contributed by atoms with Crippen LogP contribution in [0.1, 0.15) is 45.6 Å². The van der Waals surface area contributed by atoms with Gasteiger partial charge in [-0.05, 0) is 31.4 Å². The van der Waals surface area contributed by atoms with Crippen LogP contribution in [-0.2, 0) is 30.3 Å². The van der Waals surface area contributed by atoms with E-state index in [0.717, 1.165) is 24.0 Å². The molecule has 0 aromatic heterocycles. The van der Waals surface area contributed by atoms with Crippen molar-refractivity contribution in [3.63, 3.8) is 0 Å². The van der Waals surface area contributed by atoms with Gasteiger partial charge in [-0.15, -0.1) is 5.92 Å².